The number of likely N-dealkylation sites (tertiary alicyclic amines) is 1. The number of thiazole rings is 1. The molecule has 1 saturated heterocycles. The highest BCUT2D eigenvalue weighted by Crippen LogP contribution is 2.30. The molecule has 1 unspecified atom stereocenters. The lowest BCUT2D eigenvalue weighted by molar-refractivity contribution is -0.898. The summed E-state index contributed by atoms with van der Waals surface area (Å²) in [5, 5.41) is 1.25. The van der Waals surface area contributed by atoms with Crippen LogP contribution in [-0.4, -0.2) is 42.0 Å². The van der Waals surface area contributed by atoms with Crippen molar-refractivity contribution in [2.75, 3.05) is 26.2 Å². The number of benzene rings is 2. The minimum absolute atomic E-state index is 0.300. The van der Waals surface area contributed by atoms with Crippen molar-refractivity contribution < 1.29 is 9.69 Å². The van der Waals surface area contributed by atoms with Crippen LogP contribution in [0.5, 0.6) is 0 Å². The van der Waals surface area contributed by atoms with Crippen LogP contribution in [0.1, 0.15) is 34.9 Å². The molecular formula is C23H26N3OS+. The van der Waals surface area contributed by atoms with Gasteiger partial charge in [-0.3, -0.25) is 4.79 Å². The van der Waals surface area contributed by atoms with Crippen molar-refractivity contribution in [1.82, 2.24) is 9.88 Å². The average molecular weight is 393 g/mol. The Morgan fingerprint density at radius 3 is 2.86 bits per heavy atom. The highest BCUT2D eigenvalue weighted by Gasteiger charge is 2.30. The molecule has 3 heterocycles. The molecule has 0 bridgehead atoms. The van der Waals surface area contributed by atoms with Crippen LogP contribution in [0, 0.1) is 0 Å². The number of rotatable bonds is 3. The Morgan fingerprint density at radius 1 is 1.14 bits per heavy atom. The van der Waals surface area contributed by atoms with Crippen molar-refractivity contribution in [1.29, 1.82) is 0 Å². The van der Waals surface area contributed by atoms with Gasteiger partial charge in [0.05, 0.1) is 29.2 Å². The number of amides is 1. The Hall–Kier alpha value is -2.24. The fraction of sp³-hybridized carbons (Fsp3) is 0.391. The van der Waals surface area contributed by atoms with Crippen LogP contribution in [-0.2, 0) is 17.8 Å². The lowest BCUT2D eigenvalue weighted by Gasteiger charge is -2.32. The van der Waals surface area contributed by atoms with Gasteiger partial charge in [-0.1, -0.05) is 36.4 Å². The van der Waals surface area contributed by atoms with Crippen LogP contribution in [0.25, 0.3) is 10.2 Å². The number of hydrogen-bond acceptors (Lipinski definition) is 3. The highest BCUT2D eigenvalue weighted by atomic mass is 32.1. The summed E-state index contributed by atoms with van der Waals surface area (Å²) in [5.41, 5.74) is 3.81. The number of nitrogens with zero attached hydrogens (tertiary/aromatic N) is 2. The van der Waals surface area contributed by atoms with E-state index >= 15 is 0 Å². The molecule has 1 amide bonds. The third kappa shape index (κ3) is 3.56. The number of carbonyl (C=O) groups excluding carboxylic acids is 1. The van der Waals surface area contributed by atoms with Crippen LogP contribution >= 0.6 is 11.3 Å². The Balaban J connectivity index is 1.24. The van der Waals surface area contributed by atoms with Gasteiger partial charge in [0.1, 0.15) is 5.01 Å². The molecule has 5 heteroatoms. The first-order valence-corrected chi connectivity index (χ1v) is 11.1. The van der Waals surface area contributed by atoms with Gasteiger partial charge in [-0.05, 0) is 42.5 Å². The number of para-hydroxylation sites is 1. The first-order chi connectivity index (χ1) is 13.8. The number of carbonyl (C=O) groups is 1. The molecule has 5 rings (SSSR count). The Bertz CT molecular complexity index is 965. The van der Waals surface area contributed by atoms with E-state index in [0.717, 1.165) is 38.1 Å². The molecule has 0 spiro atoms. The van der Waals surface area contributed by atoms with E-state index in [-0.39, 0.29) is 0 Å². The predicted molar refractivity (Wildman–Crippen MR) is 113 cm³/mol. The van der Waals surface area contributed by atoms with E-state index in [1.165, 1.54) is 38.6 Å². The summed E-state index contributed by atoms with van der Waals surface area (Å²) in [7, 11) is 0. The van der Waals surface area contributed by atoms with Crippen molar-refractivity contribution in [3.05, 3.63) is 64.7 Å². The zero-order chi connectivity index (χ0) is 18.9. The van der Waals surface area contributed by atoms with Gasteiger partial charge in [0.25, 0.3) is 5.91 Å². The normalized spacial score (nSPS) is 22.2. The Kier molecular flexibility index (Phi) is 4.87. The van der Waals surface area contributed by atoms with Crippen molar-refractivity contribution in [2.45, 2.75) is 31.7 Å². The van der Waals surface area contributed by atoms with Gasteiger partial charge in [-0.15, -0.1) is 11.3 Å². The summed E-state index contributed by atoms with van der Waals surface area (Å²) >= 11 is 1.83. The molecule has 1 N–H and O–H groups in total. The third-order valence-electron chi connectivity index (χ3n) is 6.16. The fourth-order valence-electron chi connectivity index (χ4n) is 4.62. The second-order valence-corrected chi connectivity index (χ2v) is 9.14. The number of quaternary nitrogens is 1. The molecule has 3 aromatic rings. The molecule has 144 valence electrons. The van der Waals surface area contributed by atoms with E-state index in [2.05, 4.69) is 53.4 Å². The molecule has 0 aliphatic carbocycles. The zero-order valence-electron chi connectivity index (χ0n) is 16.1. The molecular weight excluding hydrogens is 366 g/mol. The molecule has 0 saturated carbocycles. The van der Waals surface area contributed by atoms with Gasteiger partial charge >= 0.3 is 0 Å². The second kappa shape index (κ2) is 7.64. The lowest BCUT2D eigenvalue weighted by atomic mass is 9.98. The second-order valence-electron chi connectivity index (χ2n) is 8.07. The molecule has 0 radical (unpaired) electrons. The number of nitrogens with one attached hydrogen (secondary N) is 1. The van der Waals surface area contributed by atoms with Crippen LogP contribution in [0.4, 0.5) is 0 Å². The largest absolute Gasteiger partial charge is 0.333 e. The summed E-state index contributed by atoms with van der Waals surface area (Å²) in [6.45, 7) is 4.35. The van der Waals surface area contributed by atoms with Crippen LogP contribution < -0.4 is 4.90 Å². The van der Waals surface area contributed by atoms with Crippen LogP contribution in [0.15, 0.2) is 48.5 Å². The standard InChI is InChI=1S/C23H25N3OS/c27-22(26-13-11-17-6-1-2-7-18(17)15-26)16-25-12-5-8-19(14-25)23-24-20-9-3-4-10-21(20)28-23/h1-4,6-7,9-10,19H,5,8,11-16H2/p+1/t19-/m1/s1. The van der Waals surface area contributed by atoms with Gasteiger partial charge in [0, 0.05) is 13.1 Å². The van der Waals surface area contributed by atoms with Gasteiger partial charge in [0.15, 0.2) is 6.54 Å². The number of aromatic nitrogens is 1. The van der Waals surface area contributed by atoms with E-state index in [1.807, 2.05) is 11.3 Å². The Labute approximate surface area is 169 Å². The van der Waals surface area contributed by atoms with Gasteiger partial charge in [-0.25, -0.2) is 4.98 Å². The van der Waals surface area contributed by atoms with Crippen molar-refractivity contribution in [3.8, 4) is 0 Å². The van der Waals surface area contributed by atoms with Crippen molar-refractivity contribution in [2.24, 2.45) is 0 Å². The molecule has 2 aliphatic rings. The van der Waals surface area contributed by atoms with E-state index < -0.39 is 0 Å². The summed E-state index contributed by atoms with van der Waals surface area (Å²) in [5.74, 6) is 0.783. The minimum Gasteiger partial charge on any atom is -0.333 e. The highest BCUT2D eigenvalue weighted by molar-refractivity contribution is 7.18. The maximum atomic E-state index is 13.0. The SMILES string of the molecule is O=C(C[NH+]1CCC[C@@H](c2nc3ccccc3s2)C1)N1CCc2ccccc2C1. The van der Waals surface area contributed by atoms with Gasteiger partial charge in [-0.2, -0.15) is 0 Å². The van der Waals surface area contributed by atoms with E-state index in [0.29, 0.717) is 18.4 Å². The van der Waals surface area contributed by atoms with E-state index in [4.69, 9.17) is 4.98 Å². The van der Waals surface area contributed by atoms with Gasteiger partial charge in [0.2, 0.25) is 0 Å². The molecule has 2 aliphatic heterocycles. The molecule has 1 aromatic heterocycles. The quantitative estimate of drug-likeness (QED) is 0.744. The first kappa shape index (κ1) is 17.8. The molecule has 1 fully saturated rings. The maximum Gasteiger partial charge on any atom is 0.278 e. The monoisotopic (exact) mass is 392 g/mol. The summed E-state index contributed by atoms with van der Waals surface area (Å²) in [4.78, 5) is 21.3. The van der Waals surface area contributed by atoms with Crippen LogP contribution in [0.2, 0.25) is 0 Å². The van der Waals surface area contributed by atoms with Crippen molar-refractivity contribution >= 4 is 27.5 Å². The minimum atomic E-state index is 0.300. The average Bonchev–Trinajstić information content (AvgIpc) is 3.18. The van der Waals surface area contributed by atoms with Gasteiger partial charge < -0.3 is 9.80 Å². The summed E-state index contributed by atoms with van der Waals surface area (Å²) in [6, 6.07) is 16.9. The predicted octanol–water partition coefficient (Wildman–Crippen LogP) is 2.64. The smallest absolute Gasteiger partial charge is 0.278 e. The molecule has 28 heavy (non-hydrogen) atoms. The topological polar surface area (TPSA) is 37.6 Å². The van der Waals surface area contributed by atoms with Crippen LogP contribution in [0.3, 0.4) is 0 Å². The van der Waals surface area contributed by atoms with E-state index in [9.17, 15) is 4.79 Å². The summed E-state index contributed by atoms with van der Waals surface area (Å²) < 4.78 is 1.27. The first-order valence-electron chi connectivity index (χ1n) is 10.3. The third-order valence-corrected chi connectivity index (χ3v) is 7.36. The lowest BCUT2D eigenvalue weighted by Crippen LogP contribution is -3.14. The number of fused-ring (bicyclic) bond motifs is 2. The molecule has 2 atom stereocenters. The fourth-order valence-corrected chi connectivity index (χ4v) is 5.72. The van der Waals surface area contributed by atoms with Crippen molar-refractivity contribution in [3.63, 3.8) is 0 Å². The maximum absolute atomic E-state index is 13.0. The van der Waals surface area contributed by atoms with E-state index in [1.54, 1.807) is 0 Å². The number of hydrogen-bond donors (Lipinski definition) is 1. The zero-order valence-corrected chi connectivity index (χ0v) is 16.9. The number of piperidine rings is 1. The summed E-state index contributed by atoms with van der Waals surface area (Å²) in [6.07, 6.45) is 3.34. The Morgan fingerprint density at radius 2 is 1.96 bits per heavy atom. The molecule has 2 aromatic carbocycles. The molecule has 4 nitrogen and oxygen atoms in total.